The molecule has 0 aromatic heterocycles. The molecular weight excluding hydrogens is 325 g/mol. The Kier molecular flexibility index (Phi) is 6.23. The largest absolute Gasteiger partial charge is 0.452 e. The van der Waals surface area contributed by atoms with Crippen molar-refractivity contribution in [3.05, 3.63) is 29.8 Å². The van der Waals surface area contributed by atoms with Crippen LogP contribution in [0.25, 0.3) is 0 Å². The van der Waals surface area contributed by atoms with Gasteiger partial charge in [0.2, 0.25) is 0 Å². The fourth-order valence-corrected chi connectivity index (χ4v) is 1.77. The molecule has 0 saturated heterocycles. The number of urea groups is 1. The molecule has 10 heteroatoms. The van der Waals surface area contributed by atoms with Crippen molar-refractivity contribution >= 4 is 29.7 Å². The van der Waals surface area contributed by atoms with Gasteiger partial charge in [-0.05, 0) is 36.0 Å². The molecule has 0 aliphatic heterocycles. The average molecular weight is 336 g/mol. The zero-order valence-corrected chi connectivity index (χ0v) is 12.0. The highest BCUT2D eigenvalue weighted by molar-refractivity contribution is 8.00. The summed E-state index contributed by atoms with van der Waals surface area (Å²) in [7, 11) is 1.30. The molecule has 0 aliphatic carbocycles. The maximum absolute atomic E-state index is 12.1. The highest BCUT2D eigenvalue weighted by Crippen LogP contribution is 2.36. The highest BCUT2D eigenvalue weighted by atomic mass is 32.2. The van der Waals surface area contributed by atoms with E-state index in [1.54, 1.807) is 0 Å². The average Bonchev–Trinajstić information content (AvgIpc) is 2.43. The molecule has 0 fully saturated rings. The van der Waals surface area contributed by atoms with Crippen molar-refractivity contribution in [1.29, 1.82) is 0 Å². The lowest BCUT2D eigenvalue weighted by Crippen LogP contribution is -2.39. The maximum Gasteiger partial charge on any atom is 0.446 e. The van der Waals surface area contributed by atoms with Crippen molar-refractivity contribution in [3.63, 3.8) is 0 Å². The second kappa shape index (κ2) is 7.69. The Bertz CT molecular complexity index is 560. The molecule has 1 aromatic rings. The second-order valence-corrected chi connectivity index (χ2v) is 4.91. The summed E-state index contributed by atoms with van der Waals surface area (Å²) < 4.78 is 41.0. The van der Waals surface area contributed by atoms with E-state index >= 15 is 0 Å². The van der Waals surface area contributed by atoms with Crippen molar-refractivity contribution in [2.75, 3.05) is 13.7 Å². The zero-order chi connectivity index (χ0) is 16.8. The molecule has 0 saturated carbocycles. The summed E-state index contributed by atoms with van der Waals surface area (Å²) in [5.41, 5.74) is -4.43. The van der Waals surface area contributed by atoms with Gasteiger partial charge in [0.05, 0.1) is 5.56 Å². The number of imide groups is 1. The number of amides is 3. The number of carbonyl (C=O) groups is 3. The van der Waals surface area contributed by atoms with Gasteiger partial charge in [0.25, 0.3) is 5.91 Å². The summed E-state index contributed by atoms with van der Waals surface area (Å²) in [4.78, 5) is 33.5. The number of benzene rings is 1. The van der Waals surface area contributed by atoms with Crippen LogP contribution in [-0.4, -0.2) is 37.1 Å². The predicted octanol–water partition coefficient (Wildman–Crippen LogP) is 1.91. The van der Waals surface area contributed by atoms with Gasteiger partial charge in [-0.3, -0.25) is 10.1 Å². The van der Waals surface area contributed by atoms with Crippen LogP contribution >= 0.6 is 11.8 Å². The molecule has 0 heterocycles. The van der Waals surface area contributed by atoms with Gasteiger partial charge < -0.3 is 10.1 Å². The van der Waals surface area contributed by atoms with Gasteiger partial charge in [0, 0.05) is 11.9 Å². The Morgan fingerprint density at radius 3 is 2.27 bits per heavy atom. The minimum atomic E-state index is -4.42. The van der Waals surface area contributed by atoms with Gasteiger partial charge in [-0.2, -0.15) is 13.2 Å². The molecular formula is C12H11F3N2O4S. The highest BCUT2D eigenvalue weighted by Gasteiger charge is 2.29. The first-order valence-corrected chi connectivity index (χ1v) is 6.57. The number of esters is 1. The van der Waals surface area contributed by atoms with Gasteiger partial charge in [-0.1, -0.05) is 0 Å². The number of halogens is 3. The van der Waals surface area contributed by atoms with Crippen LogP contribution in [0.2, 0.25) is 0 Å². The normalized spacial score (nSPS) is 10.7. The first-order valence-electron chi connectivity index (χ1n) is 5.76. The Labute approximate surface area is 127 Å². The van der Waals surface area contributed by atoms with E-state index in [0.29, 0.717) is 0 Å². The van der Waals surface area contributed by atoms with Crippen LogP contribution in [0.1, 0.15) is 10.4 Å². The van der Waals surface area contributed by atoms with Crippen molar-refractivity contribution in [1.82, 2.24) is 10.6 Å². The second-order valence-electron chi connectivity index (χ2n) is 3.78. The molecule has 3 amide bonds. The quantitative estimate of drug-likeness (QED) is 0.648. The van der Waals surface area contributed by atoms with E-state index in [1.807, 2.05) is 5.32 Å². The Balaban J connectivity index is 2.52. The monoisotopic (exact) mass is 336 g/mol. The topological polar surface area (TPSA) is 84.5 Å². The summed E-state index contributed by atoms with van der Waals surface area (Å²) in [5, 5.41) is 4.01. The lowest BCUT2D eigenvalue weighted by molar-refractivity contribution is -0.123. The predicted molar refractivity (Wildman–Crippen MR) is 71.2 cm³/mol. The van der Waals surface area contributed by atoms with E-state index in [2.05, 4.69) is 10.1 Å². The van der Waals surface area contributed by atoms with E-state index in [0.717, 1.165) is 24.3 Å². The van der Waals surface area contributed by atoms with E-state index in [-0.39, 0.29) is 22.2 Å². The van der Waals surface area contributed by atoms with Gasteiger partial charge in [-0.15, -0.1) is 0 Å². The fraction of sp³-hybridized carbons (Fsp3) is 0.250. The number of hydrogen-bond donors (Lipinski definition) is 2. The smallest absolute Gasteiger partial charge is 0.446 e. The van der Waals surface area contributed by atoms with Crippen LogP contribution < -0.4 is 10.6 Å². The number of rotatable bonds is 4. The molecule has 0 unspecified atom stereocenters. The Morgan fingerprint density at radius 2 is 1.77 bits per heavy atom. The van der Waals surface area contributed by atoms with Crippen molar-refractivity contribution in [3.8, 4) is 0 Å². The number of hydrogen-bond acceptors (Lipinski definition) is 5. The van der Waals surface area contributed by atoms with Crippen molar-refractivity contribution < 1.29 is 32.3 Å². The third-order valence-corrected chi connectivity index (χ3v) is 2.88. The van der Waals surface area contributed by atoms with Gasteiger partial charge in [0.1, 0.15) is 0 Å². The number of carbonyl (C=O) groups excluding carboxylic acids is 3. The summed E-state index contributed by atoms with van der Waals surface area (Å²) in [5.74, 6) is -1.73. The van der Waals surface area contributed by atoms with E-state index in [4.69, 9.17) is 0 Å². The Morgan fingerprint density at radius 1 is 1.18 bits per heavy atom. The molecule has 22 heavy (non-hydrogen) atoms. The third kappa shape index (κ3) is 6.48. The summed E-state index contributed by atoms with van der Waals surface area (Å²) in [6.45, 7) is -0.689. The van der Waals surface area contributed by atoms with Crippen LogP contribution in [-0.2, 0) is 9.53 Å². The van der Waals surface area contributed by atoms with Crippen LogP contribution in [0.4, 0.5) is 18.0 Å². The first kappa shape index (κ1) is 17.8. The van der Waals surface area contributed by atoms with E-state index in [1.165, 1.54) is 7.05 Å². The van der Waals surface area contributed by atoms with E-state index in [9.17, 15) is 27.6 Å². The lowest BCUT2D eigenvalue weighted by atomic mass is 10.2. The summed E-state index contributed by atoms with van der Waals surface area (Å²) in [6.07, 6.45) is 0. The standard InChI is InChI=1S/C12H11F3N2O4S/c1-16-11(20)17-9(18)6-21-10(19)7-2-4-8(5-3-7)22-12(13,14)15/h2-5H,6H2,1H3,(H2,16,17,18,20). The molecule has 0 atom stereocenters. The molecule has 0 radical (unpaired) electrons. The van der Waals surface area contributed by atoms with Gasteiger partial charge >= 0.3 is 17.5 Å². The number of ether oxygens (including phenoxy) is 1. The van der Waals surface area contributed by atoms with Crippen molar-refractivity contribution in [2.24, 2.45) is 0 Å². The SMILES string of the molecule is CNC(=O)NC(=O)COC(=O)c1ccc(SC(F)(F)F)cc1. The molecule has 1 aromatic carbocycles. The van der Waals surface area contributed by atoms with Gasteiger partial charge in [-0.25, -0.2) is 9.59 Å². The minimum Gasteiger partial charge on any atom is -0.452 e. The molecule has 6 nitrogen and oxygen atoms in total. The third-order valence-electron chi connectivity index (χ3n) is 2.14. The van der Waals surface area contributed by atoms with Gasteiger partial charge in [0.15, 0.2) is 6.61 Å². The molecule has 0 spiro atoms. The Hall–Kier alpha value is -2.23. The number of nitrogens with one attached hydrogen (secondary N) is 2. The summed E-state index contributed by atoms with van der Waals surface area (Å²) >= 11 is -0.312. The number of thioether (sulfide) groups is 1. The zero-order valence-electron chi connectivity index (χ0n) is 11.2. The molecule has 1 rings (SSSR count). The first-order chi connectivity index (χ1) is 10.2. The number of alkyl halides is 3. The molecule has 0 aliphatic rings. The molecule has 120 valence electrons. The van der Waals surface area contributed by atoms with Crippen LogP contribution in [0.5, 0.6) is 0 Å². The van der Waals surface area contributed by atoms with Crippen molar-refractivity contribution in [2.45, 2.75) is 10.4 Å². The van der Waals surface area contributed by atoms with Crippen LogP contribution in [0.3, 0.4) is 0 Å². The van der Waals surface area contributed by atoms with E-state index < -0.39 is 30.0 Å². The van der Waals surface area contributed by atoms with Crippen LogP contribution in [0.15, 0.2) is 29.2 Å². The maximum atomic E-state index is 12.1. The lowest BCUT2D eigenvalue weighted by Gasteiger charge is -2.07. The molecule has 0 bridgehead atoms. The van der Waals surface area contributed by atoms with Crippen LogP contribution in [0, 0.1) is 0 Å². The minimum absolute atomic E-state index is 0.0146. The molecule has 2 N–H and O–H groups in total. The fourth-order valence-electron chi connectivity index (χ4n) is 1.23. The summed E-state index contributed by atoms with van der Waals surface area (Å²) in [6, 6.07) is 3.76.